The van der Waals surface area contributed by atoms with Crippen molar-refractivity contribution in [3.05, 3.63) is 24.3 Å². The highest BCUT2D eigenvalue weighted by molar-refractivity contribution is 9.09. The van der Waals surface area contributed by atoms with Crippen LogP contribution in [-0.2, 0) is 6.54 Å². The van der Waals surface area contributed by atoms with E-state index in [1.165, 1.54) is 5.69 Å². The maximum absolute atomic E-state index is 4.09. The molecule has 0 unspecified atom stereocenters. The van der Waals surface area contributed by atoms with E-state index in [1.54, 1.807) is 0 Å². The summed E-state index contributed by atoms with van der Waals surface area (Å²) in [5.41, 5.74) is 1.18. The molecule has 2 nitrogen and oxygen atoms in total. The van der Waals surface area contributed by atoms with Gasteiger partial charge in [0.2, 0.25) is 0 Å². The van der Waals surface area contributed by atoms with Crippen molar-refractivity contribution < 1.29 is 0 Å². The van der Waals surface area contributed by atoms with Crippen molar-refractivity contribution >= 4 is 22.0 Å². The van der Waals surface area contributed by atoms with Gasteiger partial charge in [0.15, 0.2) is 0 Å². The highest BCUT2D eigenvalue weighted by Gasteiger charge is 1.94. The summed E-state index contributed by atoms with van der Waals surface area (Å²) >= 11 is 3.34. The van der Waals surface area contributed by atoms with E-state index in [0.29, 0.717) is 0 Å². The predicted octanol–water partition coefficient (Wildman–Crippen LogP) is 2.70. The Bertz CT molecular complexity index is 253. The molecule has 1 rings (SSSR count). The average molecular weight is 229 g/mol. The van der Waals surface area contributed by atoms with Crippen LogP contribution in [0.15, 0.2) is 18.6 Å². The summed E-state index contributed by atoms with van der Waals surface area (Å²) in [6.07, 6.45) is 9.05. The van der Waals surface area contributed by atoms with Crippen LogP contribution in [0.2, 0.25) is 0 Å². The SMILES string of the molecule is CCCn1cncc1C=CCBr. The number of halogens is 1. The number of nitrogens with zero attached hydrogens (tertiary/aromatic N) is 2. The van der Waals surface area contributed by atoms with Gasteiger partial charge in [0.05, 0.1) is 18.2 Å². The maximum Gasteiger partial charge on any atom is 0.0950 e. The molecule has 0 aliphatic rings. The van der Waals surface area contributed by atoms with Gasteiger partial charge in [0.1, 0.15) is 0 Å². The topological polar surface area (TPSA) is 17.8 Å². The molecule has 0 atom stereocenters. The van der Waals surface area contributed by atoms with Gasteiger partial charge >= 0.3 is 0 Å². The van der Waals surface area contributed by atoms with Crippen LogP contribution in [0.5, 0.6) is 0 Å². The minimum absolute atomic E-state index is 0.893. The Kier molecular flexibility index (Phi) is 4.08. The molecule has 0 aromatic carbocycles. The standard InChI is InChI=1S/C9H13BrN2/c1-2-6-12-8-11-7-9(12)4-3-5-10/h3-4,7-8H,2,5-6H2,1H3. The Morgan fingerprint density at radius 2 is 2.50 bits per heavy atom. The quantitative estimate of drug-likeness (QED) is 0.726. The predicted molar refractivity (Wildman–Crippen MR) is 55.3 cm³/mol. The molecule has 1 heterocycles. The molecule has 12 heavy (non-hydrogen) atoms. The molecule has 0 N–H and O–H groups in total. The van der Waals surface area contributed by atoms with Crippen LogP contribution in [0, 0.1) is 0 Å². The van der Waals surface area contributed by atoms with E-state index in [9.17, 15) is 0 Å². The molecule has 1 aromatic heterocycles. The monoisotopic (exact) mass is 228 g/mol. The van der Waals surface area contributed by atoms with Gasteiger partial charge in [-0.1, -0.05) is 28.9 Å². The summed E-state index contributed by atoms with van der Waals surface area (Å²) < 4.78 is 2.15. The second-order valence-electron chi connectivity index (χ2n) is 2.57. The van der Waals surface area contributed by atoms with Gasteiger partial charge in [-0.3, -0.25) is 0 Å². The van der Waals surface area contributed by atoms with E-state index in [0.717, 1.165) is 18.3 Å². The zero-order valence-corrected chi connectivity index (χ0v) is 8.79. The number of alkyl halides is 1. The third kappa shape index (κ3) is 2.48. The molecule has 0 bridgehead atoms. The fourth-order valence-corrected chi connectivity index (χ4v) is 1.25. The Morgan fingerprint density at radius 1 is 1.67 bits per heavy atom. The van der Waals surface area contributed by atoms with E-state index in [-0.39, 0.29) is 0 Å². The van der Waals surface area contributed by atoms with Crippen LogP contribution in [0.3, 0.4) is 0 Å². The van der Waals surface area contributed by atoms with Crippen molar-refractivity contribution in [2.45, 2.75) is 19.9 Å². The lowest BCUT2D eigenvalue weighted by atomic mass is 10.4. The molecule has 1 aromatic rings. The Labute approximate surface area is 81.4 Å². The number of aryl methyl sites for hydroxylation is 1. The van der Waals surface area contributed by atoms with Crippen molar-refractivity contribution in [3.8, 4) is 0 Å². The third-order valence-electron chi connectivity index (χ3n) is 1.59. The molecule has 0 saturated carbocycles. The first kappa shape index (κ1) is 9.52. The van der Waals surface area contributed by atoms with Crippen LogP contribution < -0.4 is 0 Å². The highest BCUT2D eigenvalue weighted by atomic mass is 79.9. The van der Waals surface area contributed by atoms with E-state index in [1.807, 2.05) is 12.5 Å². The van der Waals surface area contributed by atoms with Crippen LogP contribution in [-0.4, -0.2) is 14.9 Å². The lowest BCUT2D eigenvalue weighted by molar-refractivity contribution is 0.673. The van der Waals surface area contributed by atoms with Gasteiger partial charge in [-0.2, -0.15) is 0 Å². The lowest BCUT2D eigenvalue weighted by Crippen LogP contribution is -1.96. The fraction of sp³-hybridized carbons (Fsp3) is 0.444. The highest BCUT2D eigenvalue weighted by Crippen LogP contribution is 2.03. The average Bonchev–Trinajstić information content (AvgIpc) is 2.50. The first-order chi connectivity index (χ1) is 5.88. The molecular weight excluding hydrogens is 216 g/mol. The van der Waals surface area contributed by atoms with Crippen molar-refractivity contribution in [2.75, 3.05) is 5.33 Å². The van der Waals surface area contributed by atoms with Gasteiger partial charge in [-0.05, 0) is 12.5 Å². The molecule has 0 amide bonds. The summed E-state index contributed by atoms with van der Waals surface area (Å²) in [6, 6.07) is 0. The van der Waals surface area contributed by atoms with Gasteiger partial charge in [0, 0.05) is 11.9 Å². The Morgan fingerprint density at radius 3 is 3.17 bits per heavy atom. The summed E-state index contributed by atoms with van der Waals surface area (Å²) in [6.45, 7) is 3.21. The van der Waals surface area contributed by atoms with Gasteiger partial charge in [-0.25, -0.2) is 4.98 Å². The first-order valence-electron chi connectivity index (χ1n) is 4.11. The number of hydrogen-bond acceptors (Lipinski definition) is 1. The zero-order valence-electron chi connectivity index (χ0n) is 7.20. The molecule has 0 aliphatic heterocycles. The largest absolute Gasteiger partial charge is 0.331 e. The molecule has 0 spiro atoms. The van der Waals surface area contributed by atoms with Crippen LogP contribution in [0.4, 0.5) is 0 Å². The van der Waals surface area contributed by atoms with Gasteiger partial charge in [-0.15, -0.1) is 0 Å². The van der Waals surface area contributed by atoms with E-state index >= 15 is 0 Å². The van der Waals surface area contributed by atoms with Crippen molar-refractivity contribution in [1.82, 2.24) is 9.55 Å². The molecule has 0 aliphatic carbocycles. The second-order valence-corrected chi connectivity index (χ2v) is 3.22. The van der Waals surface area contributed by atoms with Gasteiger partial charge < -0.3 is 4.57 Å². The maximum atomic E-state index is 4.09. The van der Waals surface area contributed by atoms with Gasteiger partial charge in [0.25, 0.3) is 0 Å². The second kappa shape index (κ2) is 5.14. The van der Waals surface area contributed by atoms with E-state index in [2.05, 4.69) is 44.6 Å². The molecule has 66 valence electrons. The number of imidazole rings is 1. The summed E-state index contributed by atoms with van der Waals surface area (Å²) in [5.74, 6) is 0. The minimum Gasteiger partial charge on any atom is -0.331 e. The third-order valence-corrected chi connectivity index (χ3v) is 1.96. The summed E-state index contributed by atoms with van der Waals surface area (Å²) in [4.78, 5) is 4.09. The van der Waals surface area contributed by atoms with Crippen molar-refractivity contribution in [3.63, 3.8) is 0 Å². The van der Waals surface area contributed by atoms with Crippen molar-refractivity contribution in [1.29, 1.82) is 0 Å². The smallest absolute Gasteiger partial charge is 0.0950 e. The van der Waals surface area contributed by atoms with E-state index in [4.69, 9.17) is 0 Å². The first-order valence-corrected chi connectivity index (χ1v) is 5.23. The fourth-order valence-electron chi connectivity index (χ4n) is 1.06. The Hall–Kier alpha value is -0.570. The molecule has 0 saturated heterocycles. The number of aromatic nitrogens is 2. The zero-order chi connectivity index (χ0) is 8.81. The van der Waals surface area contributed by atoms with Crippen LogP contribution in [0.25, 0.3) is 6.08 Å². The van der Waals surface area contributed by atoms with Crippen molar-refractivity contribution in [2.24, 2.45) is 0 Å². The molecular formula is C9H13BrN2. The number of hydrogen-bond donors (Lipinski definition) is 0. The number of allylic oxidation sites excluding steroid dienone is 1. The minimum atomic E-state index is 0.893. The molecule has 0 radical (unpaired) electrons. The molecule has 3 heteroatoms. The lowest BCUT2D eigenvalue weighted by Gasteiger charge is -2.00. The Balaban J connectivity index is 2.69. The molecule has 0 fully saturated rings. The normalized spacial score (nSPS) is 11.2. The van der Waals surface area contributed by atoms with E-state index < -0.39 is 0 Å². The van der Waals surface area contributed by atoms with Crippen LogP contribution in [0.1, 0.15) is 19.0 Å². The number of rotatable bonds is 4. The summed E-state index contributed by atoms with van der Waals surface area (Å²) in [7, 11) is 0. The summed E-state index contributed by atoms with van der Waals surface area (Å²) in [5, 5.41) is 0.893. The van der Waals surface area contributed by atoms with Crippen LogP contribution >= 0.6 is 15.9 Å².